The predicted molar refractivity (Wildman–Crippen MR) is 27.5 cm³/mol. The summed E-state index contributed by atoms with van der Waals surface area (Å²) in [6.07, 6.45) is -0.380. The van der Waals surface area contributed by atoms with Gasteiger partial charge in [0.2, 0.25) is 5.78 Å². The lowest BCUT2D eigenvalue weighted by Gasteiger charge is -2.04. The zero-order valence-electron chi connectivity index (χ0n) is 5.36. The summed E-state index contributed by atoms with van der Waals surface area (Å²) in [4.78, 5) is 38.9. The molecule has 1 saturated heterocycles. The lowest BCUT2D eigenvalue weighted by atomic mass is 10.2. The molecule has 1 heterocycles. The van der Waals surface area contributed by atoms with Crippen LogP contribution in [-0.2, 0) is 29.2 Å². The van der Waals surface area contributed by atoms with Crippen LogP contribution >= 0.6 is 0 Å². The van der Waals surface area contributed by atoms with E-state index in [1.807, 2.05) is 0 Å². The summed E-state index contributed by atoms with van der Waals surface area (Å²) >= 11 is 0. The lowest BCUT2D eigenvalue weighted by molar-refractivity contribution is -0.458. The third kappa shape index (κ3) is 2.01. The Hall–Kier alpha value is -1.43. The van der Waals surface area contributed by atoms with E-state index in [0.29, 0.717) is 0 Å². The fraction of sp³-hybridized carbons (Fsp3) is 0.400. The number of rotatable bonds is 0. The summed E-state index contributed by atoms with van der Waals surface area (Å²) in [7, 11) is 0. The van der Waals surface area contributed by atoms with Crippen LogP contribution in [0.1, 0.15) is 12.8 Å². The van der Waals surface area contributed by atoms with Crippen molar-refractivity contribution in [3.8, 4) is 0 Å². The molecule has 6 nitrogen and oxygen atoms in total. The van der Waals surface area contributed by atoms with Crippen LogP contribution in [0.2, 0.25) is 0 Å². The summed E-state index contributed by atoms with van der Waals surface area (Å²) in [5.74, 6) is -2.70. The van der Waals surface area contributed by atoms with E-state index in [4.69, 9.17) is 0 Å². The van der Waals surface area contributed by atoms with Crippen molar-refractivity contribution < 1.29 is 29.2 Å². The Balaban J connectivity index is 2.54. The van der Waals surface area contributed by atoms with Gasteiger partial charge in [0.05, 0.1) is 6.42 Å². The summed E-state index contributed by atoms with van der Waals surface area (Å²) < 4.78 is 0. The van der Waals surface area contributed by atoms with Gasteiger partial charge in [-0.15, -0.1) is 0 Å². The Morgan fingerprint density at radius 1 is 1.00 bits per heavy atom. The molecule has 0 N–H and O–H groups in total. The molecule has 0 saturated carbocycles. The number of Topliss-reactive ketones (excluding diaryl/α,β-unsaturated/α-hetero) is 1. The molecule has 0 aromatic heterocycles. The van der Waals surface area contributed by atoms with Crippen molar-refractivity contribution in [1.82, 2.24) is 0 Å². The Morgan fingerprint density at radius 2 is 1.73 bits per heavy atom. The van der Waals surface area contributed by atoms with Crippen molar-refractivity contribution >= 4 is 17.7 Å². The molecule has 0 bridgehead atoms. The van der Waals surface area contributed by atoms with Gasteiger partial charge in [0.15, 0.2) is 0 Å². The fourth-order valence-electron chi connectivity index (χ4n) is 0.492. The van der Waals surface area contributed by atoms with Gasteiger partial charge in [0.1, 0.15) is 0 Å². The largest absolute Gasteiger partial charge is 0.412 e. The first-order valence-corrected chi connectivity index (χ1v) is 2.81. The highest BCUT2D eigenvalue weighted by molar-refractivity contribution is 6.33. The highest BCUT2D eigenvalue weighted by atomic mass is 17.5. The van der Waals surface area contributed by atoms with Crippen LogP contribution in [0.15, 0.2) is 0 Å². The van der Waals surface area contributed by atoms with Gasteiger partial charge in [-0.1, -0.05) is 0 Å². The molecule has 0 amide bonds. The van der Waals surface area contributed by atoms with E-state index >= 15 is 0 Å². The first kappa shape index (κ1) is 7.67. The summed E-state index contributed by atoms with van der Waals surface area (Å²) in [5.41, 5.74) is 0. The highest BCUT2D eigenvalue weighted by Gasteiger charge is 2.22. The van der Waals surface area contributed by atoms with Gasteiger partial charge in [-0.25, -0.2) is 9.59 Å². The van der Waals surface area contributed by atoms with Crippen molar-refractivity contribution in [2.45, 2.75) is 12.8 Å². The van der Waals surface area contributed by atoms with Crippen LogP contribution < -0.4 is 0 Å². The topological polar surface area (TPSA) is 78.9 Å². The molecular weight excluding hydrogens is 156 g/mol. The molecule has 1 rings (SSSR count). The van der Waals surface area contributed by atoms with Crippen molar-refractivity contribution in [2.75, 3.05) is 0 Å². The Bertz CT molecular complexity index is 207. The van der Waals surface area contributed by atoms with Gasteiger partial charge in [-0.3, -0.25) is 14.6 Å². The minimum atomic E-state index is -1.16. The second-order valence-electron chi connectivity index (χ2n) is 1.82. The fourth-order valence-corrected chi connectivity index (χ4v) is 0.492. The molecule has 0 spiro atoms. The molecule has 0 aromatic carbocycles. The summed E-state index contributed by atoms with van der Waals surface area (Å²) in [6.45, 7) is 0. The van der Waals surface area contributed by atoms with E-state index in [9.17, 15) is 14.4 Å². The van der Waals surface area contributed by atoms with Gasteiger partial charge in [0, 0.05) is 11.5 Å². The molecule has 1 aliphatic rings. The van der Waals surface area contributed by atoms with Crippen molar-refractivity contribution in [1.29, 1.82) is 0 Å². The second-order valence-corrected chi connectivity index (χ2v) is 1.82. The van der Waals surface area contributed by atoms with Crippen LogP contribution in [0.5, 0.6) is 0 Å². The Morgan fingerprint density at radius 3 is 2.45 bits per heavy atom. The third-order valence-electron chi connectivity index (χ3n) is 1.02. The van der Waals surface area contributed by atoms with Gasteiger partial charge >= 0.3 is 11.9 Å². The van der Waals surface area contributed by atoms with E-state index in [1.54, 1.807) is 0 Å². The molecule has 6 heteroatoms. The van der Waals surface area contributed by atoms with E-state index in [1.165, 1.54) is 0 Å². The zero-order valence-corrected chi connectivity index (χ0v) is 5.36. The molecule has 1 fully saturated rings. The van der Waals surface area contributed by atoms with Crippen molar-refractivity contribution in [3.05, 3.63) is 0 Å². The standard InChI is InChI=1S/C5H4O6/c6-3-1-2-4(7)9-11-10-5(3)8/h1-2H2. The van der Waals surface area contributed by atoms with Crippen LogP contribution in [0.3, 0.4) is 0 Å². The molecule has 0 radical (unpaired) electrons. The number of hydrogen-bond donors (Lipinski definition) is 0. The summed E-state index contributed by atoms with van der Waals surface area (Å²) in [6, 6.07) is 0. The molecule has 60 valence electrons. The second kappa shape index (κ2) is 3.11. The number of carbonyl (C=O) groups is 3. The smallest absolute Gasteiger partial charge is 0.287 e. The number of hydrogen-bond acceptors (Lipinski definition) is 6. The third-order valence-corrected chi connectivity index (χ3v) is 1.02. The maximum Gasteiger partial charge on any atom is 0.412 e. The molecule has 0 unspecified atom stereocenters. The minimum absolute atomic E-state index is 0.173. The monoisotopic (exact) mass is 160 g/mol. The van der Waals surface area contributed by atoms with Gasteiger partial charge in [-0.05, 0) is 0 Å². The van der Waals surface area contributed by atoms with Crippen LogP contribution in [-0.4, -0.2) is 17.7 Å². The molecule has 1 aliphatic heterocycles. The first-order valence-electron chi connectivity index (χ1n) is 2.81. The summed E-state index contributed by atoms with van der Waals surface area (Å²) in [5, 5.41) is 3.65. The minimum Gasteiger partial charge on any atom is -0.287 e. The van der Waals surface area contributed by atoms with Gasteiger partial charge in [-0.2, -0.15) is 0 Å². The van der Waals surface area contributed by atoms with E-state index in [0.717, 1.165) is 0 Å². The lowest BCUT2D eigenvalue weighted by Crippen LogP contribution is -2.23. The van der Waals surface area contributed by atoms with Crippen LogP contribution in [0.4, 0.5) is 0 Å². The van der Waals surface area contributed by atoms with Crippen molar-refractivity contribution in [3.63, 3.8) is 0 Å². The van der Waals surface area contributed by atoms with E-state index in [2.05, 4.69) is 14.8 Å². The predicted octanol–water partition coefficient (Wildman–Crippen LogP) is -0.718. The van der Waals surface area contributed by atoms with E-state index in [-0.39, 0.29) is 12.8 Å². The van der Waals surface area contributed by atoms with Crippen LogP contribution in [0.25, 0.3) is 0 Å². The highest BCUT2D eigenvalue weighted by Crippen LogP contribution is 2.01. The number of carbonyl (C=O) groups excluding carboxylic acids is 3. The van der Waals surface area contributed by atoms with Crippen LogP contribution in [0, 0.1) is 0 Å². The quantitative estimate of drug-likeness (QED) is 0.343. The van der Waals surface area contributed by atoms with Crippen molar-refractivity contribution in [2.24, 2.45) is 0 Å². The number of ketones is 1. The molecule has 0 atom stereocenters. The normalized spacial score (nSPS) is 19.8. The van der Waals surface area contributed by atoms with Gasteiger partial charge in [0.25, 0.3) is 0 Å². The molecule has 0 aromatic rings. The van der Waals surface area contributed by atoms with E-state index < -0.39 is 17.7 Å². The maximum absolute atomic E-state index is 10.6. The average Bonchev–Trinajstić information content (AvgIpc) is 1.98. The molecule has 0 aliphatic carbocycles. The maximum atomic E-state index is 10.6. The Labute approximate surface area is 60.9 Å². The average molecular weight is 160 g/mol. The molecular formula is C5H4O6. The molecule has 11 heavy (non-hydrogen) atoms. The first-order chi connectivity index (χ1) is 5.20. The Kier molecular flexibility index (Phi) is 2.17. The zero-order chi connectivity index (χ0) is 8.27. The van der Waals surface area contributed by atoms with Gasteiger partial charge < -0.3 is 0 Å². The SMILES string of the molecule is O=C1CCC(=O)C(=O)OOO1.